The van der Waals surface area contributed by atoms with Gasteiger partial charge < -0.3 is 27.9 Å². The molecule has 0 saturated heterocycles. The maximum absolute atomic E-state index is 12.8. The fourth-order valence-electron chi connectivity index (χ4n) is 7.15. The second-order valence-corrected chi connectivity index (χ2v) is 20.6. The zero-order valence-corrected chi connectivity index (χ0v) is 45.9. The summed E-state index contributed by atoms with van der Waals surface area (Å²) in [6.07, 6.45) is 72.6. The van der Waals surface area contributed by atoms with Gasteiger partial charge in [0, 0.05) is 13.0 Å². The number of phosphoric acid groups is 1. The normalized spacial score (nSPS) is 14.3. The zero-order valence-electron chi connectivity index (χ0n) is 45.0. The minimum atomic E-state index is -4.55. The second-order valence-electron chi connectivity index (χ2n) is 19.2. The number of unbranched alkanes of at least 4 members (excludes halogenated alkanes) is 18. The first-order chi connectivity index (χ1) is 33.6. The van der Waals surface area contributed by atoms with E-state index in [2.05, 4.69) is 123 Å². The smallest absolute Gasteiger partial charge is 0.306 e. The van der Waals surface area contributed by atoms with Crippen molar-refractivity contribution < 1.29 is 37.3 Å². The summed E-state index contributed by atoms with van der Waals surface area (Å²) < 4.78 is 34.8. The summed E-state index contributed by atoms with van der Waals surface area (Å²) >= 11 is 0. The number of hydrogen-bond donors (Lipinski definition) is 0. The molecule has 0 rings (SSSR count). The van der Waals surface area contributed by atoms with Gasteiger partial charge >= 0.3 is 5.97 Å². The Balaban J connectivity index is 4.16. The molecule has 2 unspecified atom stereocenters. The lowest BCUT2D eigenvalue weighted by atomic mass is 10.0. The van der Waals surface area contributed by atoms with Gasteiger partial charge in [0.05, 0.1) is 34.4 Å². The third-order valence-corrected chi connectivity index (χ3v) is 12.3. The number of carbonyl (C=O) groups is 1. The first-order valence-corrected chi connectivity index (χ1v) is 29.1. The minimum absolute atomic E-state index is 0.0174. The molecule has 0 radical (unpaired) electrons. The summed E-state index contributed by atoms with van der Waals surface area (Å²) in [5.74, 6) is -0.345. The van der Waals surface area contributed by atoms with E-state index in [1.807, 2.05) is 21.1 Å². The number of nitrogens with zero attached hydrogens (tertiary/aromatic N) is 1. The van der Waals surface area contributed by atoms with Crippen molar-refractivity contribution in [3.8, 4) is 0 Å². The van der Waals surface area contributed by atoms with Crippen LogP contribution < -0.4 is 4.89 Å². The van der Waals surface area contributed by atoms with E-state index >= 15 is 0 Å². The van der Waals surface area contributed by atoms with Crippen LogP contribution in [0.2, 0.25) is 0 Å². The molecule has 0 amide bonds. The average Bonchev–Trinajstić information content (AvgIpc) is 3.31. The summed E-state index contributed by atoms with van der Waals surface area (Å²) in [5, 5.41) is 0. The molecule has 0 aromatic heterocycles. The molecule has 0 N–H and O–H groups in total. The Morgan fingerprint density at radius 2 is 0.797 bits per heavy atom. The SMILES string of the molecule is CC/C=C\C/C=C\C/C=C\C/C=C\C/C=C\CCCCCCCCCCOCC(COP(=O)([O-])OCC[N+](C)(C)C)OC(=O)CCCCCCCCCCCC/C=C\C/C=C\C/C=C\C/C=C\CC. The summed E-state index contributed by atoms with van der Waals surface area (Å²) in [6, 6.07) is 0. The molecule has 0 saturated carbocycles. The van der Waals surface area contributed by atoms with Crippen LogP contribution >= 0.6 is 7.82 Å². The lowest BCUT2D eigenvalue weighted by Crippen LogP contribution is -2.37. The van der Waals surface area contributed by atoms with E-state index in [1.54, 1.807) is 0 Å². The van der Waals surface area contributed by atoms with Crippen LogP contribution in [-0.4, -0.2) is 70.7 Å². The molecular weight excluding hydrogens is 878 g/mol. The average molecular weight is 982 g/mol. The largest absolute Gasteiger partial charge is 0.756 e. The molecule has 0 aliphatic carbocycles. The zero-order chi connectivity index (χ0) is 50.5. The Morgan fingerprint density at radius 1 is 0.449 bits per heavy atom. The highest BCUT2D eigenvalue weighted by molar-refractivity contribution is 7.45. The molecule has 0 heterocycles. The van der Waals surface area contributed by atoms with Crippen LogP contribution in [0.25, 0.3) is 0 Å². The van der Waals surface area contributed by atoms with E-state index in [-0.39, 0.29) is 25.8 Å². The molecule has 0 spiro atoms. The molecule has 0 fully saturated rings. The highest BCUT2D eigenvalue weighted by Crippen LogP contribution is 2.38. The van der Waals surface area contributed by atoms with Crippen molar-refractivity contribution in [1.29, 1.82) is 0 Å². The standard InChI is InChI=1S/C60H104NO7P/c1-6-8-10-12-14-16-18-20-22-24-26-28-30-32-34-36-38-40-42-44-46-48-50-52-55-65-57-59(58-67-69(63,64)66-56-54-61(3,4)5)68-60(62)53-51-49-47-45-43-41-39-37-35-33-31-29-27-25-23-21-19-17-15-13-11-9-7-2/h8-11,14-17,20-23,26-29,32,34,59H,6-7,12-13,18-19,24-25,30-31,33,35-58H2,1-5H3/b10-8-,11-9-,16-14-,17-15-,22-20-,23-21-,28-26-,29-27-,34-32-. The van der Waals surface area contributed by atoms with Crippen molar-refractivity contribution in [3.63, 3.8) is 0 Å². The maximum Gasteiger partial charge on any atom is 0.306 e. The second kappa shape index (κ2) is 51.5. The summed E-state index contributed by atoms with van der Waals surface area (Å²) in [6.45, 7) is 5.15. The molecular formula is C60H104NO7P. The first kappa shape index (κ1) is 66.2. The lowest BCUT2D eigenvalue weighted by molar-refractivity contribution is -0.870. The predicted octanol–water partition coefficient (Wildman–Crippen LogP) is 16.9. The molecule has 396 valence electrons. The fourth-order valence-corrected chi connectivity index (χ4v) is 7.88. The molecule has 8 nitrogen and oxygen atoms in total. The number of quaternary nitrogens is 1. The van der Waals surface area contributed by atoms with Crippen LogP contribution in [0.3, 0.4) is 0 Å². The minimum Gasteiger partial charge on any atom is -0.756 e. The molecule has 69 heavy (non-hydrogen) atoms. The first-order valence-electron chi connectivity index (χ1n) is 27.6. The highest BCUT2D eigenvalue weighted by atomic mass is 31.2. The lowest BCUT2D eigenvalue weighted by Gasteiger charge is -2.28. The van der Waals surface area contributed by atoms with E-state index in [1.165, 1.54) is 83.5 Å². The van der Waals surface area contributed by atoms with E-state index in [0.29, 0.717) is 24.1 Å². The molecule has 0 aromatic carbocycles. The Morgan fingerprint density at radius 3 is 1.19 bits per heavy atom. The molecule has 0 aliphatic rings. The van der Waals surface area contributed by atoms with Crippen molar-refractivity contribution >= 4 is 13.8 Å². The van der Waals surface area contributed by atoms with Crippen molar-refractivity contribution in [2.45, 2.75) is 213 Å². The summed E-state index contributed by atoms with van der Waals surface area (Å²) in [7, 11) is 1.33. The third-order valence-electron chi connectivity index (χ3n) is 11.3. The monoisotopic (exact) mass is 982 g/mol. The van der Waals surface area contributed by atoms with Gasteiger partial charge in [-0.2, -0.15) is 0 Å². The highest BCUT2D eigenvalue weighted by Gasteiger charge is 2.20. The van der Waals surface area contributed by atoms with Crippen LogP contribution in [0.15, 0.2) is 109 Å². The number of rotatable bonds is 50. The number of hydrogen-bond acceptors (Lipinski definition) is 7. The van der Waals surface area contributed by atoms with Crippen LogP contribution in [0.1, 0.15) is 206 Å². The molecule has 0 aliphatic heterocycles. The van der Waals surface area contributed by atoms with Crippen LogP contribution in [0.5, 0.6) is 0 Å². The number of phosphoric ester groups is 1. The van der Waals surface area contributed by atoms with Crippen LogP contribution in [0, 0.1) is 0 Å². The number of ether oxygens (including phenoxy) is 2. The van der Waals surface area contributed by atoms with Gasteiger partial charge in [0.1, 0.15) is 19.3 Å². The third kappa shape index (κ3) is 56.0. The number of likely N-dealkylation sites (N-methyl/N-ethyl adjacent to an activating group) is 1. The van der Waals surface area contributed by atoms with Crippen LogP contribution in [0.4, 0.5) is 0 Å². The topological polar surface area (TPSA) is 94.1 Å². The van der Waals surface area contributed by atoms with E-state index in [0.717, 1.165) is 103 Å². The summed E-state index contributed by atoms with van der Waals surface area (Å²) in [4.78, 5) is 25.3. The van der Waals surface area contributed by atoms with Crippen molar-refractivity contribution in [1.82, 2.24) is 0 Å². The Bertz CT molecular complexity index is 1470. The summed E-state index contributed by atoms with van der Waals surface area (Å²) in [5.41, 5.74) is 0. The van der Waals surface area contributed by atoms with Gasteiger partial charge in [-0.05, 0) is 96.3 Å². The van der Waals surface area contributed by atoms with Gasteiger partial charge in [-0.15, -0.1) is 0 Å². The molecule has 2 atom stereocenters. The van der Waals surface area contributed by atoms with E-state index in [4.69, 9.17) is 18.5 Å². The van der Waals surface area contributed by atoms with Gasteiger partial charge in [0.25, 0.3) is 7.82 Å². The van der Waals surface area contributed by atoms with Crippen molar-refractivity contribution in [2.75, 3.05) is 54.1 Å². The fraction of sp³-hybridized carbons (Fsp3) is 0.683. The Labute approximate surface area is 425 Å². The van der Waals surface area contributed by atoms with Gasteiger partial charge in [0.2, 0.25) is 0 Å². The van der Waals surface area contributed by atoms with Gasteiger partial charge in [-0.1, -0.05) is 213 Å². The quantitative estimate of drug-likeness (QED) is 0.0197. The Kier molecular flexibility index (Phi) is 49.4. The Hall–Kier alpha value is -2.84. The van der Waals surface area contributed by atoms with Crippen molar-refractivity contribution in [3.05, 3.63) is 109 Å². The maximum atomic E-state index is 12.8. The van der Waals surface area contributed by atoms with Gasteiger partial charge in [-0.25, -0.2) is 0 Å². The van der Waals surface area contributed by atoms with E-state index in [9.17, 15) is 14.3 Å². The number of carbonyl (C=O) groups excluding carboxylic acids is 1. The number of esters is 1. The van der Waals surface area contributed by atoms with Gasteiger partial charge in [0.15, 0.2) is 0 Å². The van der Waals surface area contributed by atoms with Crippen molar-refractivity contribution in [2.24, 2.45) is 0 Å². The number of allylic oxidation sites excluding steroid dienone is 18. The van der Waals surface area contributed by atoms with E-state index < -0.39 is 13.9 Å². The predicted molar refractivity (Wildman–Crippen MR) is 295 cm³/mol. The van der Waals surface area contributed by atoms with Crippen LogP contribution in [-0.2, 0) is 27.9 Å². The molecule has 0 bridgehead atoms. The molecule has 9 heteroatoms. The molecule has 0 aromatic rings. The van der Waals surface area contributed by atoms with Gasteiger partial charge in [-0.3, -0.25) is 9.36 Å².